The Labute approximate surface area is 150 Å². The van der Waals surface area contributed by atoms with Gasteiger partial charge < -0.3 is 5.32 Å². The van der Waals surface area contributed by atoms with Crippen LogP contribution in [0.4, 0.5) is 5.82 Å². The van der Waals surface area contributed by atoms with Gasteiger partial charge in [0.25, 0.3) is 5.78 Å². The van der Waals surface area contributed by atoms with Crippen molar-refractivity contribution < 1.29 is 0 Å². The number of fused-ring (bicyclic) bond motifs is 1. The van der Waals surface area contributed by atoms with Crippen molar-refractivity contribution in [2.45, 2.75) is 26.3 Å². The quantitative estimate of drug-likeness (QED) is 0.585. The van der Waals surface area contributed by atoms with Gasteiger partial charge in [0.15, 0.2) is 0 Å². The van der Waals surface area contributed by atoms with E-state index in [1.54, 1.807) is 15.9 Å². The van der Waals surface area contributed by atoms with E-state index in [1.807, 2.05) is 13.0 Å². The molecule has 1 aromatic carbocycles. The van der Waals surface area contributed by atoms with Crippen LogP contribution in [-0.2, 0) is 6.42 Å². The van der Waals surface area contributed by atoms with Gasteiger partial charge in [0.2, 0.25) is 0 Å². The van der Waals surface area contributed by atoms with E-state index in [9.17, 15) is 0 Å². The minimum absolute atomic E-state index is 0.0557. The molecule has 0 saturated carbocycles. The molecule has 0 bridgehead atoms. The second-order valence-electron chi connectivity index (χ2n) is 5.94. The van der Waals surface area contributed by atoms with Gasteiger partial charge >= 0.3 is 0 Å². The topological polar surface area (TPSA) is 55.1 Å². The van der Waals surface area contributed by atoms with Crippen molar-refractivity contribution in [3.05, 3.63) is 75.9 Å². The van der Waals surface area contributed by atoms with Crippen LogP contribution in [-0.4, -0.2) is 19.6 Å². The van der Waals surface area contributed by atoms with E-state index in [4.69, 9.17) is 0 Å². The fraction of sp³-hybridized carbons (Fsp3) is 0.211. The van der Waals surface area contributed by atoms with Crippen LogP contribution >= 0.6 is 11.3 Å². The van der Waals surface area contributed by atoms with Crippen molar-refractivity contribution in [1.29, 1.82) is 0 Å². The van der Waals surface area contributed by atoms with Crippen molar-refractivity contribution in [3.8, 4) is 0 Å². The summed E-state index contributed by atoms with van der Waals surface area (Å²) in [6.45, 7) is 4.14. The van der Waals surface area contributed by atoms with E-state index in [0.29, 0.717) is 5.78 Å². The molecule has 1 N–H and O–H groups in total. The lowest BCUT2D eigenvalue weighted by Gasteiger charge is -2.20. The molecule has 4 rings (SSSR count). The zero-order valence-corrected chi connectivity index (χ0v) is 15.0. The summed E-state index contributed by atoms with van der Waals surface area (Å²) in [4.78, 5) is 9.88. The van der Waals surface area contributed by atoms with E-state index in [0.717, 1.165) is 17.9 Å². The highest BCUT2D eigenvalue weighted by Gasteiger charge is 2.17. The van der Waals surface area contributed by atoms with Crippen LogP contribution in [0, 0.1) is 6.92 Å². The van der Waals surface area contributed by atoms with Gasteiger partial charge in [0.05, 0.1) is 6.04 Å². The summed E-state index contributed by atoms with van der Waals surface area (Å²) >= 11 is 1.74. The second-order valence-corrected chi connectivity index (χ2v) is 6.92. The molecule has 0 spiro atoms. The lowest BCUT2D eigenvalue weighted by atomic mass is 10.0. The molecule has 0 amide bonds. The van der Waals surface area contributed by atoms with Gasteiger partial charge in [-0.3, -0.25) is 0 Å². The highest BCUT2D eigenvalue weighted by Crippen LogP contribution is 2.30. The van der Waals surface area contributed by atoms with Crippen LogP contribution in [0.5, 0.6) is 0 Å². The molecule has 0 unspecified atom stereocenters. The number of hydrogen-bond acceptors (Lipinski definition) is 5. The number of nitrogens with zero attached hydrogens (tertiary/aromatic N) is 4. The first-order chi connectivity index (χ1) is 12.2. The number of hydrogen-bond donors (Lipinski definition) is 1. The average molecular weight is 349 g/mol. The van der Waals surface area contributed by atoms with E-state index in [1.165, 1.54) is 22.3 Å². The molecule has 3 heterocycles. The largest absolute Gasteiger partial charge is 0.358 e. The van der Waals surface area contributed by atoms with Crippen molar-refractivity contribution in [3.63, 3.8) is 0 Å². The number of anilines is 1. The molecule has 0 aliphatic heterocycles. The van der Waals surface area contributed by atoms with Gasteiger partial charge in [-0.05, 0) is 35.9 Å². The third-order valence-corrected chi connectivity index (χ3v) is 5.16. The normalized spacial score (nSPS) is 12.4. The Bertz CT molecular complexity index is 973. The van der Waals surface area contributed by atoms with Crippen LogP contribution in [0.2, 0.25) is 0 Å². The van der Waals surface area contributed by atoms with Crippen molar-refractivity contribution >= 4 is 22.9 Å². The van der Waals surface area contributed by atoms with Crippen LogP contribution in [0.15, 0.2) is 54.2 Å². The van der Waals surface area contributed by atoms with Gasteiger partial charge in [-0.2, -0.15) is 14.6 Å². The lowest BCUT2D eigenvalue weighted by molar-refractivity contribution is 0.877. The Balaban J connectivity index is 1.77. The van der Waals surface area contributed by atoms with Gasteiger partial charge in [0.1, 0.15) is 12.1 Å². The monoisotopic (exact) mass is 349 g/mol. The Hall–Kier alpha value is -2.73. The second kappa shape index (κ2) is 6.64. The van der Waals surface area contributed by atoms with Crippen LogP contribution in [0.1, 0.15) is 34.7 Å². The summed E-state index contributed by atoms with van der Waals surface area (Å²) in [5.41, 5.74) is 3.48. The van der Waals surface area contributed by atoms with Crippen molar-refractivity contribution in [2.24, 2.45) is 0 Å². The minimum atomic E-state index is 0.0557. The standard InChI is InChI=1S/C19H19N5S/c1-3-14-6-8-15(9-7-14)18(16-5-4-10-25-16)23-17-11-13(2)22-19-20-12-21-24(17)19/h4-12,18,23H,3H2,1-2H3/t18-/m0/s1. The van der Waals surface area contributed by atoms with E-state index >= 15 is 0 Å². The van der Waals surface area contributed by atoms with Crippen LogP contribution in [0.25, 0.3) is 5.78 Å². The number of aryl methyl sites for hydroxylation is 2. The molecule has 0 saturated heterocycles. The van der Waals surface area contributed by atoms with Crippen molar-refractivity contribution in [1.82, 2.24) is 19.6 Å². The average Bonchev–Trinajstić information content (AvgIpc) is 3.31. The fourth-order valence-corrected chi connectivity index (χ4v) is 3.70. The number of thiophene rings is 1. The van der Waals surface area contributed by atoms with Crippen molar-refractivity contribution in [2.75, 3.05) is 5.32 Å². The Morgan fingerprint density at radius 1 is 1.20 bits per heavy atom. The van der Waals surface area contributed by atoms with E-state index in [2.05, 4.69) is 69.1 Å². The number of benzene rings is 1. The summed E-state index contributed by atoms with van der Waals surface area (Å²) < 4.78 is 1.74. The van der Waals surface area contributed by atoms with E-state index in [-0.39, 0.29) is 6.04 Å². The lowest BCUT2D eigenvalue weighted by Crippen LogP contribution is -2.14. The Morgan fingerprint density at radius 2 is 2.04 bits per heavy atom. The summed E-state index contributed by atoms with van der Waals surface area (Å²) in [5.74, 6) is 1.49. The molecule has 126 valence electrons. The maximum absolute atomic E-state index is 4.41. The summed E-state index contributed by atoms with van der Waals surface area (Å²) in [7, 11) is 0. The molecule has 0 aliphatic rings. The van der Waals surface area contributed by atoms with Crippen LogP contribution in [0.3, 0.4) is 0 Å². The molecule has 4 aromatic rings. The molecule has 25 heavy (non-hydrogen) atoms. The van der Waals surface area contributed by atoms with Gasteiger partial charge in [-0.25, -0.2) is 4.98 Å². The summed E-state index contributed by atoms with van der Waals surface area (Å²) in [6, 6.07) is 15.1. The predicted octanol–water partition coefficient (Wildman–Crippen LogP) is 4.26. The molecular formula is C19H19N5S. The first-order valence-electron chi connectivity index (χ1n) is 8.31. The predicted molar refractivity (Wildman–Crippen MR) is 101 cm³/mol. The Morgan fingerprint density at radius 3 is 2.76 bits per heavy atom. The molecular weight excluding hydrogens is 330 g/mol. The highest BCUT2D eigenvalue weighted by molar-refractivity contribution is 7.10. The smallest absolute Gasteiger partial charge is 0.254 e. The molecule has 1 atom stereocenters. The highest BCUT2D eigenvalue weighted by atomic mass is 32.1. The maximum atomic E-state index is 4.41. The molecule has 6 heteroatoms. The summed E-state index contributed by atoms with van der Waals surface area (Å²) in [6.07, 6.45) is 2.57. The summed E-state index contributed by atoms with van der Waals surface area (Å²) in [5, 5.41) is 10.0. The minimum Gasteiger partial charge on any atom is -0.358 e. The molecule has 0 fully saturated rings. The third-order valence-electron chi connectivity index (χ3n) is 4.22. The third kappa shape index (κ3) is 3.13. The molecule has 5 nitrogen and oxygen atoms in total. The van der Waals surface area contributed by atoms with E-state index < -0.39 is 0 Å². The van der Waals surface area contributed by atoms with Crippen LogP contribution < -0.4 is 5.32 Å². The molecule has 0 radical (unpaired) electrons. The zero-order valence-electron chi connectivity index (χ0n) is 14.2. The van der Waals surface area contributed by atoms with Gasteiger partial charge in [-0.15, -0.1) is 11.3 Å². The zero-order chi connectivity index (χ0) is 17.2. The first-order valence-corrected chi connectivity index (χ1v) is 9.18. The first kappa shape index (κ1) is 15.8. The number of aromatic nitrogens is 4. The maximum Gasteiger partial charge on any atom is 0.254 e. The number of nitrogens with one attached hydrogen (secondary N) is 1. The number of rotatable bonds is 5. The van der Waals surface area contributed by atoms with Gasteiger partial charge in [-0.1, -0.05) is 37.3 Å². The SMILES string of the molecule is CCc1ccc([C@H](Nc2cc(C)nc3ncnn23)c2cccs2)cc1. The fourth-order valence-electron chi connectivity index (χ4n) is 2.90. The molecule has 3 aromatic heterocycles. The Kier molecular flexibility index (Phi) is 4.19. The van der Waals surface area contributed by atoms with Gasteiger partial charge in [0, 0.05) is 16.6 Å². The molecule has 0 aliphatic carbocycles.